The summed E-state index contributed by atoms with van der Waals surface area (Å²) in [5.74, 6) is -1.45. The van der Waals surface area contributed by atoms with Crippen molar-refractivity contribution in [1.29, 1.82) is 0 Å². The Morgan fingerprint density at radius 2 is 1.62 bits per heavy atom. The molecule has 2 amide bonds. The van der Waals surface area contributed by atoms with Crippen LogP contribution in [0.3, 0.4) is 0 Å². The molecule has 0 unspecified atom stereocenters. The number of para-hydroxylation sites is 1. The lowest BCUT2D eigenvalue weighted by atomic mass is 9.94. The van der Waals surface area contributed by atoms with E-state index in [0.29, 0.717) is 5.56 Å². The number of alkyl halides is 7. The van der Waals surface area contributed by atoms with Crippen LogP contribution >= 0.6 is 27.5 Å². The maximum absolute atomic E-state index is 14.5. The van der Waals surface area contributed by atoms with E-state index in [-0.39, 0.29) is 35.7 Å². The van der Waals surface area contributed by atoms with E-state index in [0.717, 1.165) is 0 Å². The third-order valence-electron chi connectivity index (χ3n) is 5.68. The van der Waals surface area contributed by atoms with E-state index in [1.165, 1.54) is 54.7 Å². The molecule has 40 heavy (non-hydrogen) atoms. The molecule has 0 radical (unpaired) electrons. The second-order valence-corrected chi connectivity index (χ2v) is 9.33. The normalized spacial score (nSPS) is 12.2. The minimum Gasteiger partial charge on any atom is -0.494 e. The first kappa shape index (κ1) is 31.1. The number of hydrogen-bond donors (Lipinski definition) is 1. The third kappa shape index (κ3) is 5.73. The summed E-state index contributed by atoms with van der Waals surface area (Å²) in [4.78, 5) is 31.4. The molecule has 0 fully saturated rings. The van der Waals surface area contributed by atoms with Gasteiger partial charge in [-0.25, -0.2) is 4.39 Å². The number of methoxy groups -OCH3 is 1. The van der Waals surface area contributed by atoms with E-state index in [1.54, 1.807) is 6.92 Å². The van der Waals surface area contributed by atoms with E-state index >= 15 is 0 Å². The van der Waals surface area contributed by atoms with Crippen LogP contribution in [0.2, 0.25) is 5.02 Å². The highest BCUT2D eigenvalue weighted by molar-refractivity contribution is 9.10. The summed E-state index contributed by atoms with van der Waals surface area (Å²) >= 11 is 8.69. The number of hydrogen-bond acceptors (Lipinski definition) is 4. The molecule has 0 aliphatic rings. The van der Waals surface area contributed by atoms with Crippen molar-refractivity contribution >= 4 is 50.7 Å². The first-order chi connectivity index (χ1) is 18.6. The van der Waals surface area contributed by atoms with Crippen molar-refractivity contribution in [3.63, 3.8) is 0 Å². The zero-order valence-corrected chi connectivity index (χ0v) is 22.8. The molecule has 214 valence electrons. The van der Waals surface area contributed by atoms with E-state index < -0.39 is 50.6 Å². The Morgan fingerprint density at radius 3 is 2.12 bits per heavy atom. The largest absolute Gasteiger partial charge is 0.494 e. The van der Waals surface area contributed by atoms with Crippen molar-refractivity contribution in [3.8, 4) is 5.75 Å². The summed E-state index contributed by atoms with van der Waals surface area (Å²) in [6.07, 6.45) is -9.87. The van der Waals surface area contributed by atoms with Gasteiger partial charge in [0.15, 0.2) is 5.75 Å². The van der Waals surface area contributed by atoms with E-state index in [4.69, 9.17) is 16.3 Å². The van der Waals surface area contributed by atoms with Gasteiger partial charge in [-0.15, -0.1) is 0 Å². The maximum Gasteiger partial charge on any atom is 0.435 e. The predicted octanol–water partition coefficient (Wildman–Crippen LogP) is 7.71. The Labute approximate surface area is 236 Å². The highest BCUT2D eigenvalue weighted by atomic mass is 79.9. The van der Waals surface area contributed by atoms with Gasteiger partial charge in [-0.05, 0) is 59.3 Å². The summed E-state index contributed by atoms with van der Waals surface area (Å²) < 4.78 is 98.5. The molecule has 0 saturated carbocycles. The number of carbonyl (C=O) groups is 2. The maximum atomic E-state index is 14.5. The number of benzene rings is 2. The van der Waals surface area contributed by atoms with E-state index in [2.05, 4.69) is 26.2 Å². The lowest BCUT2D eigenvalue weighted by molar-refractivity contribution is -0.348. The third-order valence-corrected chi connectivity index (χ3v) is 6.61. The molecule has 0 bridgehead atoms. The second kappa shape index (κ2) is 11.6. The van der Waals surface area contributed by atoms with Gasteiger partial charge in [0.05, 0.1) is 29.1 Å². The molecule has 0 aliphatic heterocycles. The van der Waals surface area contributed by atoms with Crippen LogP contribution in [0.15, 0.2) is 59.3 Å². The fraction of sp³-hybridized carbons (Fsp3) is 0.240. The summed E-state index contributed by atoms with van der Waals surface area (Å²) in [5, 5.41) is 1.46. The van der Waals surface area contributed by atoms with Crippen LogP contribution in [0, 0.1) is 0 Å². The Bertz CT molecular complexity index is 1380. The number of nitrogens with zero attached hydrogens (tertiary/aromatic N) is 2. The summed E-state index contributed by atoms with van der Waals surface area (Å²) in [5.41, 5.74) is -7.66. The van der Waals surface area contributed by atoms with E-state index in [1.807, 2.05) is 0 Å². The van der Waals surface area contributed by atoms with Crippen LogP contribution in [0.5, 0.6) is 5.75 Å². The SMILES string of the molecule is CCN(C(=O)c1ccncc1)c1cccc(C(=O)Nc2c(Cl)cc(C(F)(C(F)(F)F)C(F)(F)F)cc2Br)c1OC. The molecular weight excluding hydrogens is 639 g/mol. The molecular formula is C25H18BrClF7N3O3. The van der Waals surface area contributed by atoms with Gasteiger partial charge in [0, 0.05) is 34.5 Å². The van der Waals surface area contributed by atoms with Crippen molar-refractivity contribution in [2.45, 2.75) is 24.9 Å². The summed E-state index contributed by atoms with van der Waals surface area (Å²) in [6.45, 7) is 1.83. The Kier molecular flexibility index (Phi) is 9.04. The molecule has 1 aromatic heterocycles. The van der Waals surface area contributed by atoms with Crippen LogP contribution in [-0.4, -0.2) is 42.8 Å². The summed E-state index contributed by atoms with van der Waals surface area (Å²) in [6, 6.07) is 7.56. The first-order valence-corrected chi connectivity index (χ1v) is 12.3. The molecule has 15 heteroatoms. The van der Waals surface area contributed by atoms with Gasteiger partial charge in [0.2, 0.25) is 0 Å². The average Bonchev–Trinajstić information content (AvgIpc) is 2.89. The van der Waals surface area contributed by atoms with Crippen molar-refractivity contribution in [3.05, 3.63) is 81.0 Å². The molecule has 0 saturated heterocycles. The monoisotopic (exact) mass is 655 g/mol. The van der Waals surface area contributed by atoms with Crippen molar-refractivity contribution in [1.82, 2.24) is 4.98 Å². The number of amides is 2. The molecule has 0 spiro atoms. The van der Waals surface area contributed by atoms with Gasteiger partial charge < -0.3 is 15.0 Å². The zero-order valence-electron chi connectivity index (χ0n) is 20.4. The fourth-order valence-electron chi connectivity index (χ4n) is 3.76. The van der Waals surface area contributed by atoms with Crippen molar-refractivity contribution in [2.24, 2.45) is 0 Å². The lowest BCUT2D eigenvalue weighted by Gasteiger charge is -2.30. The van der Waals surface area contributed by atoms with Crippen LogP contribution in [0.25, 0.3) is 0 Å². The number of anilines is 2. The van der Waals surface area contributed by atoms with Gasteiger partial charge in [0.1, 0.15) is 0 Å². The van der Waals surface area contributed by atoms with Crippen molar-refractivity contribution < 1.29 is 45.1 Å². The van der Waals surface area contributed by atoms with Crippen LogP contribution in [0.4, 0.5) is 42.1 Å². The van der Waals surface area contributed by atoms with Gasteiger partial charge in [-0.1, -0.05) is 17.7 Å². The lowest BCUT2D eigenvalue weighted by Crippen LogP contribution is -2.50. The number of nitrogens with one attached hydrogen (secondary N) is 1. The minimum absolute atomic E-state index is 0.0648. The number of ether oxygens (including phenoxy) is 1. The molecule has 3 rings (SSSR count). The fourth-order valence-corrected chi connectivity index (χ4v) is 4.70. The quantitative estimate of drug-likeness (QED) is 0.265. The molecule has 3 aromatic rings. The Balaban J connectivity index is 2.02. The van der Waals surface area contributed by atoms with Crippen LogP contribution in [0.1, 0.15) is 33.2 Å². The highest BCUT2D eigenvalue weighted by Gasteiger charge is 2.73. The van der Waals surface area contributed by atoms with Gasteiger partial charge >= 0.3 is 18.0 Å². The number of aromatic nitrogens is 1. The highest BCUT2D eigenvalue weighted by Crippen LogP contribution is 2.54. The molecule has 2 aromatic carbocycles. The van der Waals surface area contributed by atoms with Crippen molar-refractivity contribution in [2.75, 3.05) is 23.9 Å². The first-order valence-electron chi connectivity index (χ1n) is 11.1. The number of pyridine rings is 1. The average molecular weight is 657 g/mol. The number of rotatable bonds is 7. The molecule has 0 aliphatic carbocycles. The van der Waals surface area contributed by atoms with Gasteiger partial charge in [0.25, 0.3) is 11.8 Å². The summed E-state index contributed by atoms with van der Waals surface area (Å²) in [7, 11) is 1.23. The van der Waals surface area contributed by atoms with Crippen LogP contribution < -0.4 is 15.0 Å². The standard InChI is InChI=1S/C25H18BrClF7N3O3/c1-3-37(22(39)13-7-9-35-10-8-13)18-6-4-5-15(20(18)40-2)21(38)36-19-16(26)11-14(12-17(19)27)23(28,24(29,30)31)25(32,33)34/h4-12H,3H2,1-2H3,(H,36,38). The minimum atomic E-state index is -6.36. The van der Waals surface area contributed by atoms with Crippen LogP contribution in [-0.2, 0) is 5.67 Å². The number of carbonyl (C=O) groups excluding carboxylic acids is 2. The Morgan fingerprint density at radius 1 is 1.02 bits per heavy atom. The Hall–Kier alpha value is -3.39. The predicted molar refractivity (Wildman–Crippen MR) is 137 cm³/mol. The van der Waals surface area contributed by atoms with E-state index in [9.17, 15) is 40.3 Å². The number of halogens is 9. The molecule has 1 N–H and O–H groups in total. The van der Waals surface area contributed by atoms with Gasteiger partial charge in [-0.3, -0.25) is 14.6 Å². The smallest absolute Gasteiger partial charge is 0.435 e. The molecule has 6 nitrogen and oxygen atoms in total. The zero-order chi connectivity index (χ0) is 30.0. The molecule has 1 heterocycles. The molecule has 0 atom stereocenters. The topological polar surface area (TPSA) is 71.5 Å². The van der Waals surface area contributed by atoms with Gasteiger partial charge in [-0.2, -0.15) is 26.3 Å². The second-order valence-electron chi connectivity index (χ2n) is 8.07.